The second-order valence-electron chi connectivity index (χ2n) is 5.63. The summed E-state index contributed by atoms with van der Waals surface area (Å²) in [6.45, 7) is 1.26. The molecule has 0 aromatic heterocycles. The standard InChI is InChI=1S/C21H16O3/c22-14-23-13-19-18-11-6-12-24-21(18)17-10-5-4-9-16(17)20(19)15-7-2-1-3-8-15/h1-11,14H,12-13H2. The minimum Gasteiger partial charge on any atom is -0.488 e. The zero-order valence-corrected chi connectivity index (χ0v) is 13.1. The number of carbonyl (C=O) groups is 1. The molecule has 0 saturated heterocycles. The number of fused-ring (bicyclic) bond motifs is 3. The maximum absolute atomic E-state index is 10.8. The highest BCUT2D eigenvalue weighted by Crippen LogP contribution is 2.43. The lowest BCUT2D eigenvalue weighted by molar-refractivity contribution is -0.129. The minimum absolute atomic E-state index is 0.217. The summed E-state index contributed by atoms with van der Waals surface area (Å²) in [5, 5.41) is 2.17. The Hall–Kier alpha value is -3.07. The van der Waals surface area contributed by atoms with Gasteiger partial charge in [0.25, 0.3) is 6.47 Å². The third-order valence-electron chi connectivity index (χ3n) is 4.28. The van der Waals surface area contributed by atoms with Crippen LogP contribution in [0.15, 0.2) is 60.7 Å². The minimum atomic E-state index is 0.217. The largest absolute Gasteiger partial charge is 0.488 e. The summed E-state index contributed by atoms with van der Waals surface area (Å²) < 4.78 is 11.0. The van der Waals surface area contributed by atoms with E-state index in [1.807, 2.05) is 36.4 Å². The Bertz CT molecular complexity index is 927. The van der Waals surface area contributed by atoms with Crippen LogP contribution in [-0.4, -0.2) is 13.1 Å². The van der Waals surface area contributed by atoms with Crippen LogP contribution in [0.2, 0.25) is 0 Å². The zero-order valence-electron chi connectivity index (χ0n) is 13.1. The first-order chi connectivity index (χ1) is 11.9. The van der Waals surface area contributed by atoms with Gasteiger partial charge in [-0.1, -0.05) is 60.7 Å². The van der Waals surface area contributed by atoms with Gasteiger partial charge in [0.05, 0.1) is 0 Å². The number of hydrogen-bond donors (Lipinski definition) is 0. The van der Waals surface area contributed by atoms with Crippen molar-refractivity contribution in [1.82, 2.24) is 0 Å². The SMILES string of the molecule is O=COCc1c2c(c3ccccc3c1-c1ccccc1)OCC=C2. The molecule has 4 rings (SSSR count). The molecule has 3 heteroatoms. The van der Waals surface area contributed by atoms with Crippen molar-refractivity contribution in [1.29, 1.82) is 0 Å². The van der Waals surface area contributed by atoms with Crippen molar-refractivity contribution < 1.29 is 14.3 Å². The van der Waals surface area contributed by atoms with Gasteiger partial charge in [0.1, 0.15) is 19.0 Å². The molecule has 0 amide bonds. The highest BCUT2D eigenvalue weighted by molar-refractivity contribution is 6.04. The fourth-order valence-corrected chi connectivity index (χ4v) is 3.31. The number of carbonyl (C=O) groups excluding carboxylic acids is 1. The number of rotatable bonds is 4. The molecular weight excluding hydrogens is 300 g/mol. The Morgan fingerprint density at radius 3 is 2.54 bits per heavy atom. The van der Waals surface area contributed by atoms with E-state index < -0.39 is 0 Å². The molecule has 3 aromatic rings. The molecule has 0 atom stereocenters. The van der Waals surface area contributed by atoms with Crippen LogP contribution in [-0.2, 0) is 16.1 Å². The molecule has 1 aliphatic rings. The Morgan fingerprint density at radius 1 is 1.00 bits per heavy atom. The van der Waals surface area contributed by atoms with Crippen LogP contribution in [0, 0.1) is 0 Å². The molecular formula is C21H16O3. The summed E-state index contributed by atoms with van der Waals surface area (Å²) in [5.41, 5.74) is 4.14. The molecule has 0 N–H and O–H groups in total. The fraction of sp³-hybridized carbons (Fsp3) is 0.0952. The van der Waals surface area contributed by atoms with E-state index >= 15 is 0 Å². The molecule has 3 aromatic carbocycles. The van der Waals surface area contributed by atoms with Crippen LogP contribution < -0.4 is 4.74 Å². The second-order valence-corrected chi connectivity index (χ2v) is 5.63. The first-order valence-corrected chi connectivity index (χ1v) is 7.87. The van der Waals surface area contributed by atoms with E-state index in [-0.39, 0.29) is 6.61 Å². The monoisotopic (exact) mass is 316 g/mol. The maximum atomic E-state index is 10.8. The van der Waals surface area contributed by atoms with Crippen LogP contribution >= 0.6 is 0 Å². The van der Waals surface area contributed by atoms with Crippen LogP contribution in [0.5, 0.6) is 5.75 Å². The Labute approximate surface area is 140 Å². The molecule has 0 unspecified atom stereocenters. The van der Waals surface area contributed by atoms with Crippen molar-refractivity contribution in [2.45, 2.75) is 6.61 Å². The first-order valence-electron chi connectivity index (χ1n) is 7.87. The quantitative estimate of drug-likeness (QED) is 0.661. The molecule has 0 fully saturated rings. The van der Waals surface area contributed by atoms with E-state index in [9.17, 15) is 4.79 Å². The van der Waals surface area contributed by atoms with Crippen molar-refractivity contribution >= 4 is 23.3 Å². The summed E-state index contributed by atoms with van der Waals surface area (Å²) >= 11 is 0. The molecule has 118 valence electrons. The van der Waals surface area contributed by atoms with E-state index in [0.29, 0.717) is 13.1 Å². The van der Waals surface area contributed by atoms with Crippen LogP contribution in [0.3, 0.4) is 0 Å². The first kappa shape index (κ1) is 14.5. The van der Waals surface area contributed by atoms with Gasteiger partial charge in [0.2, 0.25) is 0 Å². The summed E-state index contributed by atoms with van der Waals surface area (Å²) in [7, 11) is 0. The summed E-state index contributed by atoms with van der Waals surface area (Å²) in [6.07, 6.45) is 4.04. The van der Waals surface area contributed by atoms with Crippen molar-refractivity contribution in [3.8, 4) is 16.9 Å². The van der Waals surface area contributed by atoms with Gasteiger partial charge in [0, 0.05) is 16.5 Å². The third kappa shape index (κ3) is 2.35. The Morgan fingerprint density at radius 2 is 1.75 bits per heavy atom. The van der Waals surface area contributed by atoms with Crippen molar-refractivity contribution in [3.63, 3.8) is 0 Å². The molecule has 1 aliphatic heterocycles. The molecule has 0 radical (unpaired) electrons. The van der Waals surface area contributed by atoms with Gasteiger partial charge < -0.3 is 9.47 Å². The van der Waals surface area contributed by atoms with Gasteiger partial charge >= 0.3 is 0 Å². The number of ether oxygens (including phenoxy) is 2. The molecule has 24 heavy (non-hydrogen) atoms. The van der Waals surface area contributed by atoms with Crippen molar-refractivity contribution in [2.24, 2.45) is 0 Å². The second kappa shape index (κ2) is 6.20. The average Bonchev–Trinajstić information content (AvgIpc) is 2.66. The van der Waals surface area contributed by atoms with Gasteiger partial charge in [-0.25, -0.2) is 0 Å². The van der Waals surface area contributed by atoms with Gasteiger partial charge in [0.15, 0.2) is 0 Å². The third-order valence-corrected chi connectivity index (χ3v) is 4.28. The lowest BCUT2D eigenvalue weighted by atomic mass is 9.88. The zero-order chi connectivity index (χ0) is 16.4. The van der Waals surface area contributed by atoms with Crippen LogP contribution in [0.25, 0.3) is 28.0 Å². The smallest absolute Gasteiger partial charge is 0.293 e. The van der Waals surface area contributed by atoms with E-state index in [1.165, 1.54) is 0 Å². The highest BCUT2D eigenvalue weighted by Gasteiger charge is 2.21. The van der Waals surface area contributed by atoms with Crippen molar-refractivity contribution in [2.75, 3.05) is 6.61 Å². The Balaban J connectivity index is 2.11. The van der Waals surface area contributed by atoms with Crippen molar-refractivity contribution in [3.05, 3.63) is 71.8 Å². The predicted octanol–water partition coefficient (Wildman–Crippen LogP) is 4.59. The van der Waals surface area contributed by atoms with Gasteiger partial charge in [-0.2, -0.15) is 0 Å². The van der Waals surface area contributed by atoms with Crippen LogP contribution in [0.1, 0.15) is 11.1 Å². The Kier molecular flexibility index (Phi) is 3.75. The highest BCUT2D eigenvalue weighted by atomic mass is 16.5. The van der Waals surface area contributed by atoms with E-state index in [4.69, 9.17) is 9.47 Å². The van der Waals surface area contributed by atoms with E-state index in [0.717, 1.165) is 38.8 Å². The number of benzene rings is 3. The van der Waals surface area contributed by atoms with Crippen LogP contribution in [0.4, 0.5) is 0 Å². The maximum Gasteiger partial charge on any atom is 0.293 e. The van der Waals surface area contributed by atoms with Gasteiger partial charge in [-0.15, -0.1) is 0 Å². The van der Waals surface area contributed by atoms with Gasteiger partial charge in [-0.05, 0) is 22.6 Å². The topological polar surface area (TPSA) is 35.5 Å². The molecule has 0 saturated carbocycles. The summed E-state index contributed by atoms with van der Waals surface area (Å²) in [4.78, 5) is 10.8. The predicted molar refractivity (Wildman–Crippen MR) is 94.8 cm³/mol. The molecule has 1 heterocycles. The molecule has 0 spiro atoms. The number of hydrogen-bond acceptors (Lipinski definition) is 3. The molecule has 3 nitrogen and oxygen atoms in total. The average molecular weight is 316 g/mol. The lowest BCUT2D eigenvalue weighted by Crippen LogP contribution is -2.07. The summed E-state index contributed by atoms with van der Waals surface area (Å²) in [6, 6.07) is 18.4. The van der Waals surface area contributed by atoms with E-state index in [1.54, 1.807) is 0 Å². The fourth-order valence-electron chi connectivity index (χ4n) is 3.31. The molecule has 0 aliphatic carbocycles. The lowest BCUT2D eigenvalue weighted by Gasteiger charge is -2.22. The molecule has 0 bridgehead atoms. The van der Waals surface area contributed by atoms with Gasteiger partial charge in [-0.3, -0.25) is 4.79 Å². The summed E-state index contributed by atoms with van der Waals surface area (Å²) in [5.74, 6) is 0.859. The van der Waals surface area contributed by atoms with E-state index in [2.05, 4.69) is 30.3 Å². The normalized spacial score (nSPS) is 12.5.